The van der Waals surface area contributed by atoms with E-state index >= 15 is 0 Å². The third kappa shape index (κ3) is 3.07. The molecule has 1 aromatic carbocycles. The molecule has 3 nitrogen and oxygen atoms in total. The molecule has 0 aliphatic rings. The Bertz CT molecular complexity index is 649. The lowest BCUT2D eigenvalue weighted by Gasteiger charge is -2.22. The summed E-state index contributed by atoms with van der Waals surface area (Å²) in [6.07, 6.45) is 1.00. The lowest BCUT2D eigenvalue weighted by atomic mass is 9.90. The van der Waals surface area contributed by atoms with Gasteiger partial charge in [0, 0.05) is 21.7 Å². The molecule has 0 atom stereocenters. The summed E-state index contributed by atoms with van der Waals surface area (Å²) in [6.45, 7) is 7.00. The number of nitrogen functional groups attached to an aromatic ring is 1. The van der Waals surface area contributed by atoms with Crippen LogP contribution in [0.3, 0.4) is 0 Å². The first-order valence-electron chi connectivity index (χ1n) is 6.60. The highest BCUT2D eigenvalue weighted by Gasteiger charge is 2.20. The fourth-order valence-electron chi connectivity index (χ4n) is 1.78. The van der Waals surface area contributed by atoms with Crippen LogP contribution in [0.15, 0.2) is 18.2 Å². The van der Waals surface area contributed by atoms with Crippen molar-refractivity contribution in [3.63, 3.8) is 0 Å². The minimum absolute atomic E-state index is 0.0877. The fraction of sp³-hybridized carbons (Fsp3) is 0.400. The van der Waals surface area contributed by atoms with Gasteiger partial charge < -0.3 is 11.1 Å². The van der Waals surface area contributed by atoms with E-state index < -0.39 is 0 Å². The number of nitrogens with two attached hydrogens (primary N) is 1. The molecule has 0 aliphatic heterocycles. The number of carbonyl (C=O) groups excluding carboxylic acids is 1. The van der Waals surface area contributed by atoms with Gasteiger partial charge in [0.25, 0.3) is 5.91 Å². The molecule has 0 radical (unpaired) electrons. The highest BCUT2D eigenvalue weighted by Crippen LogP contribution is 2.35. The summed E-state index contributed by atoms with van der Waals surface area (Å²) < 4.78 is 0.940. The summed E-state index contributed by atoms with van der Waals surface area (Å²) in [4.78, 5) is 12.8. The molecule has 20 heavy (non-hydrogen) atoms. The van der Waals surface area contributed by atoms with Gasteiger partial charge >= 0.3 is 0 Å². The second kappa shape index (κ2) is 5.62. The quantitative estimate of drug-likeness (QED) is 0.884. The Morgan fingerprint density at radius 3 is 2.80 bits per heavy atom. The molecule has 2 rings (SSSR count). The van der Waals surface area contributed by atoms with E-state index in [0.29, 0.717) is 22.1 Å². The van der Waals surface area contributed by atoms with Crippen molar-refractivity contribution in [2.75, 3.05) is 12.3 Å². The molecule has 1 heterocycles. The van der Waals surface area contributed by atoms with E-state index in [4.69, 9.17) is 17.3 Å². The zero-order valence-corrected chi connectivity index (χ0v) is 13.5. The molecule has 1 aromatic heterocycles. The maximum absolute atomic E-state index is 12.3. The number of carbonyl (C=O) groups is 1. The van der Waals surface area contributed by atoms with E-state index in [-0.39, 0.29) is 11.3 Å². The SMILES string of the molecule is CCC(C)(C)CNC(=O)c1sc2cc(Cl)ccc2c1N. The number of benzene rings is 1. The average Bonchev–Trinajstić information content (AvgIpc) is 2.73. The van der Waals surface area contributed by atoms with Crippen LogP contribution in [0.5, 0.6) is 0 Å². The van der Waals surface area contributed by atoms with Gasteiger partial charge in [0.15, 0.2) is 0 Å². The Kier molecular flexibility index (Phi) is 4.25. The molecule has 2 aromatic rings. The number of amides is 1. The van der Waals surface area contributed by atoms with Gasteiger partial charge in [-0.2, -0.15) is 0 Å². The first-order valence-corrected chi connectivity index (χ1v) is 7.79. The molecule has 3 N–H and O–H groups in total. The molecular weight excluding hydrogens is 292 g/mol. The lowest BCUT2D eigenvalue weighted by molar-refractivity contribution is 0.0940. The van der Waals surface area contributed by atoms with Crippen molar-refractivity contribution < 1.29 is 4.79 Å². The standard InChI is InChI=1S/C15H19ClN2OS/c1-4-15(2,3)8-18-14(19)13-12(17)10-6-5-9(16)7-11(10)20-13/h5-7H,4,8,17H2,1-3H3,(H,18,19). The third-order valence-electron chi connectivity index (χ3n) is 3.58. The molecule has 0 spiro atoms. The van der Waals surface area contributed by atoms with Gasteiger partial charge in [-0.3, -0.25) is 4.79 Å². The molecular formula is C15H19ClN2OS. The minimum atomic E-state index is -0.110. The maximum atomic E-state index is 12.3. The van der Waals surface area contributed by atoms with E-state index in [2.05, 4.69) is 26.1 Å². The fourth-order valence-corrected chi connectivity index (χ4v) is 3.10. The Hall–Kier alpha value is -1.26. The normalized spacial score (nSPS) is 11.8. The zero-order valence-electron chi connectivity index (χ0n) is 11.9. The number of halogens is 1. The minimum Gasteiger partial charge on any atom is -0.397 e. The van der Waals surface area contributed by atoms with E-state index in [9.17, 15) is 4.79 Å². The summed E-state index contributed by atoms with van der Waals surface area (Å²) in [5, 5.41) is 4.50. The van der Waals surface area contributed by atoms with E-state index in [1.165, 1.54) is 11.3 Å². The van der Waals surface area contributed by atoms with Gasteiger partial charge in [0.2, 0.25) is 0 Å². The summed E-state index contributed by atoms with van der Waals surface area (Å²) in [5.74, 6) is -0.110. The predicted molar refractivity (Wildman–Crippen MR) is 87.7 cm³/mol. The van der Waals surface area contributed by atoms with Crippen molar-refractivity contribution in [2.24, 2.45) is 5.41 Å². The van der Waals surface area contributed by atoms with Crippen molar-refractivity contribution in [3.8, 4) is 0 Å². The molecule has 108 valence electrons. The van der Waals surface area contributed by atoms with Crippen LogP contribution in [-0.2, 0) is 0 Å². The van der Waals surface area contributed by atoms with Crippen LogP contribution < -0.4 is 11.1 Å². The molecule has 1 amide bonds. The highest BCUT2D eigenvalue weighted by atomic mass is 35.5. The van der Waals surface area contributed by atoms with Crippen LogP contribution in [0.2, 0.25) is 5.02 Å². The van der Waals surface area contributed by atoms with Gasteiger partial charge in [-0.05, 0) is 30.0 Å². The smallest absolute Gasteiger partial charge is 0.263 e. The van der Waals surface area contributed by atoms with Crippen LogP contribution in [0.1, 0.15) is 36.9 Å². The lowest BCUT2D eigenvalue weighted by Crippen LogP contribution is -2.33. The van der Waals surface area contributed by atoms with E-state index in [0.717, 1.165) is 16.5 Å². The largest absolute Gasteiger partial charge is 0.397 e. The Morgan fingerprint density at radius 1 is 1.45 bits per heavy atom. The number of thiophene rings is 1. The number of hydrogen-bond donors (Lipinski definition) is 2. The first-order chi connectivity index (χ1) is 9.34. The van der Waals surface area contributed by atoms with Crippen molar-refractivity contribution in [1.29, 1.82) is 0 Å². The predicted octanol–water partition coefficient (Wildman–Crippen LogP) is 4.30. The molecule has 0 unspecified atom stereocenters. The number of fused-ring (bicyclic) bond motifs is 1. The van der Waals surface area contributed by atoms with Gasteiger partial charge in [-0.15, -0.1) is 11.3 Å². The van der Waals surface area contributed by atoms with Gasteiger partial charge in [0.05, 0.1) is 5.69 Å². The van der Waals surface area contributed by atoms with Crippen LogP contribution in [-0.4, -0.2) is 12.5 Å². The Morgan fingerprint density at radius 2 is 2.15 bits per heavy atom. The third-order valence-corrected chi connectivity index (χ3v) is 4.98. The second-order valence-electron chi connectivity index (χ2n) is 5.69. The highest BCUT2D eigenvalue weighted by molar-refractivity contribution is 7.21. The number of hydrogen-bond acceptors (Lipinski definition) is 3. The first kappa shape index (κ1) is 15.1. The van der Waals surface area contributed by atoms with Gasteiger partial charge in [-0.1, -0.05) is 32.4 Å². The summed E-state index contributed by atoms with van der Waals surface area (Å²) in [7, 11) is 0. The van der Waals surface area contributed by atoms with Crippen molar-refractivity contribution >= 4 is 44.6 Å². The number of rotatable bonds is 4. The number of nitrogens with one attached hydrogen (secondary N) is 1. The van der Waals surface area contributed by atoms with Crippen LogP contribution in [0.4, 0.5) is 5.69 Å². The average molecular weight is 311 g/mol. The summed E-state index contributed by atoms with van der Waals surface area (Å²) in [6, 6.07) is 5.48. The van der Waals surface area contributed by atoms with Crippen molar-refractivity contribution in [1.82, 2.24) is 5.32 Å². The summed E-state index contributed by atoms with van der Waals surface area (Å²) in [5.41, 5.74) is 6.69. The Labute approximate surface area is 128 Å². The van der Waals surface area contributed by atoms with Crippen molar-refractivity contribution in [3.05, 3.63) is 28.1 Å². The molecule has 0 saturated carbocycles. The molecule has 0 bridgehead atoms. The second-order valence-corrected chi connectivity index (χ2v) is 7.17. The maximum Gasteiger partial charge on any atom is 0.263 e. The zero-order chi connectivity index (χ0) is 14.9. The Balaban J connectivity index is 2.24. The van der Waals surface area contributed by atoms with Crippen LogP contribution in [0.25, 0.3) is 10.1 Å². The van der Waals surface area contributed by atoms with Crippen molar-refractivity contribution in [2.45, 2.75) is 27.2 Å². The topological polar surface area (TPSA) is 55.1 Å². The monoisotopic (exact) mass is 310 g/mol. The molecule has 5 heteroatoms. The van der Waals surface area contributed by atoms with Crippen LogP contribution in [0, 0.1) is 5.41 Å². The van der Waals surface area contributed by atoms with Crippen LogP contribution >= 0.6 is 22.9 Å². The molecule has 0 saturated heterocycles. The van der Waals surface area contributed by atoms with Gasteiger partial charge in [0.1, 0.15) is 4.88 Å². The number of anilines is 1. The summed E-state index contributed by atoms with van der Waals surface area (Å²) >= 11 is 7.35. The van der Waals surface area contributed by atoms with Gasteiger partial charge in [-0.25, -0.2) is 0 Å². The van der Waals surface area contributed by atoms with E-state index in [1.807, 2.05) is 12.1 Å². The van der Waals surface area contributed by atoms with E-state index in [1.54, 1.807) is 6.07 Å². The molecule has 0 aliphatic carbocycles. The molecule has 0 fully saturated rings.